The first-order valence-electron chi connectivity index (χ1n) is 28.1. The van der Waals surface area contributed by atoms with Crippen LogP contribution in [0, 0.1) is 0 Å². The molecule has 0 aromatic carbocycles. The van der Waals surface area contributed by atoms with Crippen LogP contribution in [0.3, 0.4) is 0 Å². The van der Waals surface area contributed by atoms with E-state index < -0.39 is 13.9 Å². The zero-order valence-corrected chi connectivity index (χ0v) is 45.0. The molecule has 9 heteroatoms. The van der Waals surface area contributed by atoms with Crippen molar-refractivity contribution in [1.29, 1.82) is 0 Å². The summed E-state index contributed by atoms with van der Waals surface area (Å²) in [6.45, 7) is 4.80. The predicted molar refractivity (Wildman–Crippen MR) is 293 cm³/mol. The molecule has 0 heterocycles. The van der Waals surface area contributed by atoms with Gasteiger partial charge in [-0.05, 0) is 89.9 Å². The molecule has 394 valence electrons. The van der Waals surface area contributed by atoms with Crippen molar-refractivity contribution in [3.05, 3.63) is 85.1 Å². The number of phosphoric ester groups is 1. The fraction of sp³-hybridized carbons (Fsp3) is 0.746. The van der Waals surface area contributed by atoms with E-state index in [1.165, 1.54) is 141 Å². The Labute approximate surface area is 419 Å². The van der Waals surface area contributed by atoms with Crippen LogP contribution in [0.1, 0.15) is 245 Å². The Kier molecular flexibility index (Phi) is 53.7. The van der Waals surface area contributed by atoms with Crippen molar-refractivity contribution < 1.29 is 32.8 Å². The second-order valence-corrected chi connectivity index (χ2v) is 19.9. The molecule has 0 aromatic heterocycles. The van der Waals surface area contributed by atoms with Crippen LogP contribution < -0.4 is 5.73 Å². The van der Waals surface area contributed by atoms with Gasteiger partial charge >= 0.3 is 13.8 Å². The minimum atomic E-state index is -4.29. The molecule has 3 N–H and O–H groups in total. The third kappa shape index (κ3) is 54.6. The second-order valence-electron chi connectivity index (χ2n) is 18.4. The molecule has 0 saturated heterocycles. The summed E-state index contributed by atoms with van der Waals surface area (Å²) in [5.41, 5.74) is 5.40. The van der Waals surface area contributed by atoms with E-state index in [1.807, 2.05) is 0 Å². The molecule has 0 spiro atoms. The third-order valence-electron chi connectivity index (χ3n) is 11.8. The van der Waals surface area contributed by atoms with E-state index in [2.05, 4.69) is 98.9 Å². The molecule has 0 bridgehead atoms. The first-order valence-corrected chi connectivity index (χ1v) is 29.6. The average molecular weight is 972 g/mol. The second kappa shape index (κ2) is 55.6. The number of ether oxygens (including phenoxy) is 2. The van der Waals surface area contributed by atoms with Crippen molar-refractivity contribution >= 4 is 13.8 Å². The number of hydrogen-bond donors (Lipinski definition) is 2. The fourth-order valence-corrected chi connectivity index (χ4v) is 8.47. The minimum Gasteiger partial charge on any atom is -0.457 e. The number of allylic oxidation sites excluding steroid dienone is 14. The zero-order chi connectivity index (χ0) is 49.4. The van der Waals surface area contributed by atoms with E-state index in [9.17, 15) is 14.3 Å². The van der Waals surface area contributed by atoms with Crippen molar-refractivity contribution in [2.24, 2.45) is 5.73 Å². The molecule has 0 amide bonds. The van der Waals surface area contributed by atoms with Crippen molar-refractivity contribution in [3.8, 4) is 0 Å². The van der Waals surface area contributed by atoms with Crippen molar-refractivity contribution in [3.63, 3.8) is 0 Å². The van der Waals surface area contributed by atoms with Crippen LogP contribution in [0.15, 0.2) is 85.1 Å². The largest absolute Gasteiger partial charge is 0.472 e. The van der Waals surface area contributed by atoms with Gasteiger partial charge in [0.05, 0.1) is 19.8 Å². The Morgan fingerprint density at radius 3 is 1.24 bits per heavy atom. The van der Waals surface area contributed by atoms with Crippen LogP contribution in [0.4, 0.5) is 0 Å². The van der Waals surface area contributed by atoms with Gasteiger partial charge in [-0.1, -0.05) is 234 Å². The highest BCUT2D eigenvalue weighted by Crippen LogP contribution is 2.43. The van der Waals surface area contributed by atoms with Gasteiger partial charge in [0.15, 0.2) is 0 Å². The Balaban J connectivity index is 3.93. The number of esters is 1. The molecule has 2 atom stereocenters. The smallest absolute Gasteiger partial charge is 0.457 e. The van der Waals surface area contributed by atoms with Gasteiger partial charge in [0, 0.05) is 19.6 Å². The van der Waals surface area contributed by atoms with Crippen molar-refractivity contribution in [2.45, 2.75) is 251 Å². The summed E-state index contributed by atoms with van der Waals surface area (Å²) >= 11 is 0. The highest BCUT2D eigenvalue weighted by molar-refractivity contribution is 7.47. The van der Waals surface area contributed by atoms with Crippen LogP contribution in [0.5, 0.6) is 0 Å². The summed E-state index contributed by atoms with van der Waals surface area (Å²) in [6.07, 6.45) is 73.4. The van der Waals surface area contributed by atoms with Crippen molar-refractivity contribution in [1.82, 2.24) is 0 Å². The minimum absolute atomic E-state index is 0.0948. The van der Waals surface area contributed by atoms with E-state index in [4.69, 9.17) is 24.3 Å². The monoisotopic (exact) mass is 972 g/mol. The highest BCUT2D eigenvalue weighted by Gasteiger charge is 2.25. The predicted octanol–water partition coefficient (Wildman–Crippen LogP) is 18.0. The fourth-order valence-electron chi connectivity index (χ4n) is 7.70. The summed E-state index contributed by atoms with van der Waals surface area (Å²) in [7, 11) is -4.29. The Bertz CT molecular complexity index is 1320. The van der Waals surface area contributed by atoms with Crippen LogP contribution in [0.25, 0.3) is 0 Å². The first-order chi connectivity index (χ1) is 33.4. The quantitative estimate of drug-likeness (QED) is 0.0268. The van der Waals surface area contributed by atoms with Crippen LogP contribution in [-0.4, -0.2) is 49.9 Å². The molecule has 2 unspecified atom stereocenters. The van der Waals surface area contributed by atoms with Crippen LogP contribution in [0.2, 0.25) is 0 Å². The summed E-state index contributed by atoms with van der Waals surface area (Å²) in [5.74, 6) is -0.341. The molecule has 0 aliphatic heterocycles. The van der Waals surface area contributed by atoms with E-state index in [1.54, 1.807) is 0 Å². The normalized spacial score (nSPS) is 13.9. The Hall–Kier alpha value is -2.32. The standard InChI is InChI=1S/C59H106NO7P/c1-3-5-7-9-11-13-15-17-19-21-23-25-27-28-29-31-33-35-37-39-41-43-45-47-49-51-54-64-56-58(57-66-68(62,63)65-55-53-60)67-59(61)52-50-48-46-44-42-40-38-36-34-32-30-26-24-22-20-18-16-14-12-10-8-6-4-2/h6,8,12,14-15,17-18,20-21,23-24,26,32,34,58H,3-5,7,9-11,13,16,19,22,25,27-31,33,35-57,60H2,1-2H3,(H,62,63)/b8-6-,14-12-,17-15-,20-18-,23-21-,26-24-,34-32-. The number of rotatable bonds is 53. The number of hydrogen-bond acceptors (Lipinski definition) is 7. The van der Waals surface area contributed by atoms with E-state index in [0.717, 1.165) is 83.5 Å². The summed E-state index contributed by atoms with van der Waals surface area (Å²) in [6, 6.07) is 0. The molecule has 0 saturated carbocycles. The van der Waals surface area contributed by atoms with Gasteiger partial charge in [0.1, 0.15) is 6.10 Å². The molecule has 0 aromatic rings. The SMILES string of the molecule is CC/C=C\C/C=C\C/C=C\C/C=C\C/C=C\CCCCCCCCCC(=O)OC(COCCCCCCCCCCCCCCCC/C=C\C/C=C\CCCCCCC)COP(=O)(O)OCCN. The molecule has 68 heavy (non-hydrogen) atoms. The highest BCUT2D eigenvalue weighted by atomic mass is 31.2. The van der Waals surface area contributed by atoms with Crippen LogP contribution in [-0.2, 0) is 27.9 Å². The van der Waals surface area contributed by atoms with Gasteiger partial charge in [0.25, 0.3) is 0 Å². The maximum absolute atomic E-state index is 12.7. The van der Waals surface area contributed by atoms with Gasteiger partial charge < -0.3 is 20.1 Å². The molecule has 0 aliphatic carbocycles. The van der Waals surface area contributed by atoms with Gasteiger partial charge in [0.2, 0.25) is 0 Å². The average Bonchev–Trinajstić information content (AvgIpc) is 3.33. The Morgan fingerprint density at radius 2 is 0.824 bits per heavy atom. The lowest BCUT2D eigenvalue weighted by molar-refractivity contribution is -0.154. The number of carbonyl (C=O) groups excluding carboxylic acids is 1. The van der Waals surface area contributed by atoms with E-state index >= 15 is 0 Å². The molecule has 0 rings (SSSR count). The van der Waals surface area contributed by atoms with Gasteiger partial charge in [-0.15, -0.1) is 0 Å². The van der Waals surface area contributed by atoms with Crippen LogP contribution >= 0.6 is 7.82 Å². The zero-order valence-electron chi connectivity index (χ0n) is 44.1. The number of carbonyl (C=O) groups is 1. The maximum Gasteiger partial charge on any atom is 0.472 e. The molecular formula is C59H106NO7P. The number of unbranched alkanes of at least 4 members (excludes halogenated alkanes) is 26. The van der Waals surface area contributed by atoms with Gasteiger partial charge in [-0.2, -0.15) is 0 Å². The maximum atomic E-state index is 12.7. The van der Waals surface area contributed by atoms with E-state index in [-0.39, 0.29) is 32.3 Å². The van der Waals surface area contributed by atoms with Crippen molar-refractivity contribution in [2.75, 3.05) is 33.0 Å². The number of nitrogens with two attached hydrogens (primary N) is 1. The summed E-state index contributed by atoms with van der Waals surface area (Å²) in [5, 5.41) is 0. The van der Waals surface area contributed by atoms with Gasteiger partial charge in [-0.25, -0.2) is 4.57 Å². The molecule has 0 aliphatic rings. The third-order valence-corrected chi connectivity index (χ3v) is 12.8. The molecule has 0 fully saturated rings. The Morgan fingerprint density at radius 1 is 0.456 bits per heavy atom. The lowest BCUT2D eigenvalue weighted by Gasteiger charge is -2.20. The molecule has 8 nitrogen and oxygen atoms in total. The summed E-state index contributed by atoms with van der Waals surface area (Å²) < 4.78 is 33.7. The number of phosphoric acid groups is 1. The lowest BCUT2D eigenvalue weighted by Crippen LogP contribution is -2.28. The van der Waals surface area contributed by atoms with E-state index in [0.29, 0.717) is 13.0 Å². The lowest BCUT2D eigenvalue weighted by atomic mass is 10.0. The molecule has 0 radical (unpaired) electrons. The molecular weight excluding hydrogens is 866 g/mol. The first kappa shape index (κ1) is 65.7. The van der Waals surface area contributed by atoms with Gasteiger partial charge in [-0.3, -0.25) is 13.8 Å². The topological polar surface area (TPSA) is 117 Å². The summed E-state index contributed by atoms with van der Waals surface area (Å²) in [4.78, 5) is 22.7.